The summed E-state index contributed by atoms with van der Waals surface area (Å²) >= 11 is 0. The molecular weight excluding hydrogens is 270 g/mol. The summed E-state index contributed by atoms with van der Waals surface area (Å²) in [4.78, 5) is 15.4. The number of aromatic nitrogens is 3. The molecule has 1 fully saturated rings. The van der Waals surface area contributed by atoms with Gasteiger partial charge >= 0.3 is 6.01 Å². The minimum Gasteiger partial charge on any atom is -0.461 e. The normalized spacial score (nSPS) is 14.5. The molecule has 1 aliphatic heterocycles. The van der Waals surface area contributed by atoms with Crippen molar-refractivity contribution in [3.63, 3.8) is 0 Å². The van der Waals surface area contributed by atoms with E-state index in [1.54, 1.807) is 0 Å². The number of rotatable bonds is 9. The van der Waals surface area contributed by atoms with Crippen molar-refractivity contribution in [1.82, 2.24) is 15.0 Å². The summed E-state index contributed by atoms with van der Waals surface area (Å²) in [6.07, 6.45) is 3.39. The smallest absolute Gasteiger partial charge is 0.323 e. The number of anilines is 2. The molecule has 2 rings (SSSR count). The Hall–Kier alpha value is -1.63. The van der Waals surface area contributed by atoms with Crippen molar-refractivity contribution in [3.8, 4) is 6.01 Å². The fraction of sp³-hybridized carbons (Fsp3) is 0.786. The van der Waals surface area contributed by atoms with E-state index in [-0.39, 0.29) is 0 Å². The standard InChI is InChI=1S/C14H25N5O2/c1-3-7-15-12-16-13(19-8-5-6-9-19)18-14(17-12)21-11-10-20-4-2/h3-11H2,1-2H3,(H,15,16,17,18). The van der Waals surface area contributed by atoms with Gasteiger partial charge in [0.2, 0.25) is 11.9 Å². The lowest BCUT2D eigenvalue weighted by Crippen LogP contribution is -2.22. The SMILES string of the molecule is CCCNc1nc(OCCOCC)nc(N2CCCC2)n1. The van der Waals surface area contributed by atoms with E-state index in [2.05, 4.69) is 32.1 Å². The quantitative estimate of drug-likeness (QED) is 0.695. The first-order chi connectivity index (χ1) is 10.3. The van der Waals surface area contributed by atoms with E-state index < -0.39 is 0 Å². The number of hydrogen-bond donors (Lipinski definition) is 1. The first-order valence-electron chi connectivity index (χ1n) is 7.79. The van der Waals surface area contributed by atoms with Crippen molar-refractivity contribution in [2.45, 2.75) is 33.1 Å². The van der Waals surface area contributed by atoms with Crippen molar-refractivity contribution >= 4 is 11.9 Å². The van der Waals surface area contributed by atoms with Crippen LogP contribution < -0.4 is 15.0 Å². The molecule has 0 saturated carbocycles. The average molecular weight is 295 g/mol. The van der Waals surface area contributed by atoms with Gasteiger partial charge in [-0.2, -0.15) is 15.0 Å². The monoisotopic (exact) mass is 295 g/mol. The molecule has 0 amide bonds. The van der Waals surface area contributed by atoms with Gasteiger partial charge in [0.15, 0.2) is 0 Å². The Morgan fingerprint density at radius 2 is 1.90 bits per heavy atom. The van der Waals surface area contributed by atoms with Gasteiger partial charge in [-0.3, -0.25) is 0 Å². The molecule has 0 bridgehead atoms. The van der Waals surface area contributed by atoms with E-state index in [1.165, 1.54) is 12.8 Å². The topological polar surface area (TPSA) is 72.4 Å². The van der Waals surface area contributed by atoms with Crippen LogP contribution in [0.25, 0.3) is 0 Å². The fourth-order valence-electron chi connectivity index (χ4n) is 2.12. The van der Waals surface area contributed by atoms with Crippen LogP contribution >= 0.6 is 0 Å². The predicted molar refractivity (Wildman–Crippen MR) is 82.0 cm³/mol. The molecule has 7 heteroatoms. The Balaban J connectivity index is 2.04. The lowest BCUT2D eigenvalue weighted by molar-refractivity contribution is 0.106. The lowest BCUT2D eigenvalue weighted by atomic mass is 10.4. The maximum Gasteiger partial charge on any atom is 0.323 e. The molecular formula is C14H25N5O2. The maximum absolute atomic E-state index is 5.58. The first-order valence-corrected chi connectivity index (χ1v) is 7.79. The molecule has 1 N–H and O–H groups in total. The third-order valence-corrected chi connectivity index (χ3v) is 3.19. The van der Waals surface area contributed by atoms with Gasteiger partial charge in [-0.1, -0.05) is 6.92 Å². The summed E-state index contributed by atoms with van der Waals surface area (Å²) in [6, 6.07) is 0.366. The lowest BCUT2D eigenvalue weighted by Gasteiger charge is -2.16. The van der Waals surface area contributed by atoms with Gasteiger partial charge in [-0.25, -0.2) is 0 Å². The number of hydrogen-bond acceptors (Lipinski definition) is 7. The summed E-state index contributed by atoms with van der Waals surface area (Å²) in [7, 11) is 0. The van der Waals surface area contributed by atoms with Crippen LogP contribution in [-0.2, 0) is 4.74 Å². The number of nitrogens with one attached hydrogen (secondary N) is 1. The second-order valence-electron chi connectivity index (χ2n) is 4.91. The highest BCUT2D eigenvalue weighted by Crippen LogP contribution is 2.19. The van der Waals surface area contributed by atoms with Crippen LogP contribution in [-0.4, -0.2) is 54.4 Å². The maximum atomic E-state index is 5.58. The molecule has 0 spiro atoms. The van der Waals surface area contributed by atoms with Crippen molar-refractivity contribution in [2.75, 3.05) is 49.7 Å². The summed E-state index contributed by atoms with van der Waals surface area (Å²) in [6.45, 7) is 8.57. The highest BCUT2D eigenvalue weighted by Gasteiger charge is 2.17. The Labute approximate surface area is 126 Å². The van der Waals surface area contributed by atoms with E-state index in [0.29, 0.717) is 37.7 Å². The highest BCUT2D eigenvalue weighted by atomic mass is 16.5. The zero-order chi connectivity index (χ0) is 14.9. The van der Waals surface area contributed by atoms with E-state index >= 15 is 0 Å². The Morgan fingerprint density at radius 3 is 2.62 bits per heavy atom. The van der Waals surface area contributed by atoms with E-state index in [4.69, 9.17) is 9.47 Å². The van der Waals surface area contributed by atoms with Crippen LogP contribution in [0.4, 0.5) is 11.9 Å². The van der Waals surface area contributed by atoms with Gasteiger partial charge in [-0.05, 0) is 26.2 Å². The average Bonchev–Trinajstić information content (AvgIpc) is 3.04. The summed E-state index contributed by atoms with van der Waals surface area (Å²) in [5.41, 5.74) is 0. The fourth-order valence-corrected chi connectivity index (χ4v) is 2.12. The van der Waals surface area contributed by atoms with Crippen molar-refractivity contribution in [2.24, 2.45) is 0 Å². The predicted octanol–water partition coefficient (Wildman–Crippen LogP) is 1.71. The van der Waals surface area contributed by atoms with Crippen LogP contribution in [0.5, 0.6) is 6.01 Å². The molecule has 1 aromatic heterocycles. The van der Waals surface area contributed by atoms with E-state index in [1.807, 2.05) is 6.92 Å². The number of ether oxygens (including phenoxy) is 2. The molecule has 21 heavy (non-hydrogen) atoms. The van der Waals surface area contributed by atoms with Gasteiger partial charge in [0.05, 0.1) is 6.61 Å². The van der Waals surface area contributed by atoms with Gasteiger partial charge in [0.1, 0.15) is 6.61 Å². The molecule has 1 saturated heterocycles. The largest absolute Gasteiger partial charge is 0.461 e. The third-order valence-electron chi connectivity index (χ3n) is 3.19. The summed E-state index contributed by atoms with van der Waals surface area (Å²) in [5, 5.41) is 3.20. The molecule has 1 aliphatic rings. The summed E-state index contributed by atoms with van der Waals surface area (Å²) in [5.74, 6) is 1.28. The van der Waals surface area contributed by atoms with E-state index in [0.717, 1.165) is 26.1 Å². The van der Waals surface area contributed by atoms with Crippen LogP contribution in [0.2, 0.25) is 0 Å². The second-order valence-corrected chi connectivity index (χ2v) is 4.91. The second kappa shape index (κ2) is 8.61. The van der Waals surface area contributed by atoms with Gasteiger partial charge < -0.3 is 19.7 Å². The van der Waals surface area contributed by atoms with Crippen LogP contribution in [0.3, 0.4) is 0 Å². The number of nitrogens with zero attached hydrogens (tertiary/aromatic N) is 4. The first kappa shape index (κ1) is 15.8. The van der Waals surface area contributed by atoms with Gasteiger partial charge in [0.25, 0.3) is 0 Å². The molecule has 2 heterocycles. The molecule has 118 valence electrons. The van der Waals surface area contributed by atoms with Gasteiger partial charge in [0, 0.05) is 26.2 Å². The van der Waals surface area contributed by atoms with Crippen molar-refractivity contribution in [3.05, 3.63) is 0 Å². The van der Waals surface area contributed by atoms with Crippen LogP contribution in [0, 0.1) is 0 Å². The third kappa shape index (κ3) is 5.00. The Bertz CT molecular complexity index is 424. The minimum atomic E-state index is 0.366. The molecule has 0 unspecified atom stereocenters. The van der Waals surface area contributed by atoms with Crippen molar-refractivity contribution in [1.29, 1.82) is 0 Å². The molecule has 7 nitrogen and oxygen atoms in total. The van der Waals surface area contributed by atoms with Crippen molar-refractivity contribution < 1.29 is 9.47 Å². The minimum absolute atomic E-state index is 0.366. The van der Waals surface area contributed by atoms with E-state index in [9.17, 15) is 0 Å². The molecule has 0 aliphatic carbocycles. The molecule has 0 aromatic carbocycles. The van der Waals surface area contributed by atoms with Crippen LogP contribution in [0.1, 0.15) is 33.1 Å². The Morgan fingerprint density at radius 1 is 1.10 bits per heavy atom. The zero-order valence-electron chi connectivity index (χ0n) is 13.0. The highest BCUT2D eigenvalue weighted by molar-refractivity contribution is 5.39. The van der Waals surface area contributed by atoms with Crippen LogP contribution in [0.15, 0.2) is 0 Å². The zero-order valence-corrected chi connectivity index (χ0v) is 13.0. The van der Waals surface area contributed by atoms with Gasteiger partial charge in [-0.15, -0.1) is 0 Å². The molecule has 0 radical (unpaired) electrons. The Kier molecular flexibility index (Phi) is 6.46. The molecule has 1 aromatic rings. The molecule has 0 atom stereocenters. The summed E-state index contributed by atoms with van der Waals surface area (Å²) < 4.78 is 10.8.